The fraction of sp³-hybridized carbons (Fsp3) is 0.429. The summed E-state index contributed by atoms with van der Waals surface area (Å²) in [6.07, 6.45) is 8.33. The maximum Gasteiger partial charge on any atom is 0.266 e. The first kappa shape index (κ1) is 18.6. The summed E-state index contributed by atoms with van der Waals surface area (Å²) in [5.74, 6) is 2.14. The number of rotatable bonds is 6. The highest BCUT2D eigenvalue weighted by Gasteiger charge is 2.20. The summed E-state index contributed by atoms with van der Waals surface area (Å²) in [6.45, 7) is 5.60. The van der Waals surface area contributed by atoms with Crippen LogP contribution in [-0.2, 0) is 13.0 Å². The predicted molar refractivity (Wildman–Crippen MR) is 106 cm³/mol. The SMILES string of the molecule is Cc1ncc(CCN2CCC(Cn3nc(-c4ccncc4)ccc3=O)CC2)o1. The van der Waals surface area contributed by atoms with Crippen LogP contribution in [0.2, 0.25) is 0 Å². The molecule has 3 aromatic heterocycles. The van der Waals surface area contributed by atoms with Gasteiger partial charge in [0.15, 0.2) is 5.89 Å². The molecule has 0 unspecified atom stereocenters. The summed E-state index contributed by atoms with van der Waals surface area (Å²) in [5.41, 5.74) is 1.74. The lowest BCUT2D eigenvalue weighted by atomic mass is 9.96. The molecule has 146 valence electrons. The zero-order chi connectivity index (χ0) is 19.3. The van der Waals surface area contributed by atoms with E-state index in [1.807, 2.05) is 25.3 Å². The number of aromatic nitrogens is 4. The van der Waals surface area contributed by atoms with Gasteiger partial charge in [-0.05, 0) is 50.0 Å². The fourth-order valence-corrected chi connectivity index (χ4v) is 3.68. The van der Waals surface area contributed by atoms with Gasteiger partial charge in [-0.15, -0.1) is 0 Å². The van der Waals surface area contributed by atoms with Gasteiger partial charge >= 0.3 is 0 Å². The van der Waals surface area contributed by atoms with Crippen molar-refractivity contribution in [3.63, 3.8) is 0 Å². The predicted octanol–water partition coefficient (Wildman–Crippen LogP) is 2.56. The van der Waals surface area contributed by atoms with E-state index in [4.69, 9.17) is 4.42 Å². The monoisotopic (exact) mass is 379 g/mol. The lowest BCUT2D eigenvalue weighted by Gasteiger charge is -2.31. The molecule has 0 radical (unpaired) electrons. The highest BCUT2D eigenvalue weighted by molar-refractivity contribution is 5.56. The molecule has 0 amide bonds. The lowest BCUT2D eigenvalue weighted by molar-refractivity contribution is 0.169. The molecule has 0 N–H and O–H groups in total. The largest absolute Gasteiger partial charge is 0.446 e. The average molecular weight is 379 g/mol. The molecule has 28 heavy (non-hydrogen) atoms. The fourth-order valence-electron chi connectivity index (χ4n) is 3.68. The Morgan fingerprint density at radius 2 is 1.93 bits per heavy atom. The van der Waals surface area contributed by atoms with Crippen LogP contribution in [0.5, 0.6) is 0 Å². The van der Waals surface area contributed by atoms with Gasteiger partial charge in [-0.3, -0.25) is 9.78 Å². The molecule has 4 heterocycles. The van der Waals surface area contributed by atoms with Crippen LogP contribution in [0.4, 0.5) is 0 Å². The van der Waals surface area contributed by atoms with Crippen LogP contribution in [0, 0.1) is 12.8 Å². The molecular weight excluding hydrogens is 354 g/mol. The molecule has 0 spiro atoms. The van der Waals surface area contributed by atoms with E-state index in [-0.39, 0.29) is 5.56 Å². The highest BCUT2D eigenvalue weighted by atomic mass is 16.4. The van der Waals surface area contributed by atoms with E-state index in [2.05, 4.69) is 20.0 Å². The minimum atomic E-state index is -0.0408. The summed E-state index contributed by atoms with van der Waals surface area (Å²) in [4.78, 5) is 22.9. The maximum absolute atomic E-state index is 12.3. The van der Waals surface area contributed by atoms with Gasteiger partial charge in [0.05, 0.1) is 11.9 Å². The van der Waals surface area contributed by atoms with Crippen LogP contribution in [0.3, 0.4) is 0 Å². The van der Waals surface area contributed by atoms with Gasteiger partial charge in [-0.1, -0.05) is 0 Å². The van der Waals surface area contributed by atoms with E-state index < -0.39 is 0 Å². The van der Waals surface area contributed by atoms with Crippen LogP contribution in [-0.4, -0.2) is 44.3 Å². The topological polar surface area (TPSA) is 77.1 Å². The smallest absolute Gasteiger partial charge is 0.266 e. The Balaban J connectivity index is 1.32. The molecule has 0 saturated carbocycles. The first-order valence-electron chi connectivity index (χ1n) is 9.79. The number of nitrogens with zero attached hydrogens (tertiary/aromatic N) is 5. The number of likely N-dealkylation sites (tertiary alicyclic amines) is 1. The molecule has 1 fully saturated rings. The maximum atomic E-state index is 12.3. The third kappa shape index (κ3) is 4.54. The van der Waals surface area contributed by atoms with Crippen molar-refractivity contribution in [1.29, 1.82) is 0 Å². The van der Waals surface area contributed by atoms with E-state index in [1.165, 1.54) is 0 Å². The molecule has 0 aromatic carbocycles. The van der Waals surface area contributed by atoms with Crippen LogP contribution >= 0.6 is 0 Å². The highest BCUT2D eigenvalue weighted by Crippen LogP contribution is 2.20. The minimum absolute atomic E-state index is 0.0408. The molecule has 3 aromatic rings. The van der Waals surface area contributed by atoms with Crippen molar-refractivity contribution in [3.8, 4) is 11.3 Å². The summed E-state index contributed by atoms with van der Waals surface area (Å²) in [7, 11) is 0. The molecule has 1 saturated heterocycles. The van der Waals surface area contributed by atoms with Crippen molar-refractivity contribution in [3.05, 3.63) is 64.9 Å². The van der Waals surface area contributed by atoms with Crippen LogP contribution in [0.15, 0.2) is 52.1 Å². The third-order valence-corrected chi connectivity index (χ3v) is 5.32. The summed E-state index contributed by atoms with van der Waals surface area (Å²) in [5, 5.41) is 4.58. The lowest BCUT2D eigenvalue weighted by Crippen LogP contribution is -2.37. The van der Waals surface area contributed by atoms with Gasteiger partial charge < -0.3 is 9.32 Å². The normalized spacial score (nSPS) is 15.8. The zero-order valence-electron chi connectivity index (χ0n) is 16.1. The van der Waals surface area contributed by atoms with Crippen molar-refractivity contribution in [2.45, 2.75) is 32.7 Å². The molecule has 7 nitrogen and oxygen atoms in total. The minimum Gasteiger partial charge on any atom is -0.446 e. The van der Waals surface area contributed by atoms with Gasteiger partial charge in [-0.2, -0.15) is 5.10 Å². The summed E-state index contributed by atoms with van der Waals surface area (Å²) >= 11 is 0. The van der Waals surface area contributed by atoms with E-state index >= 15 is 0 Å². The molecule has 1 aliphatic rings. The van der Waals surface area contributed by atoms with Crippen molar-refractivity contribution in [1.82, 2.24) is 24.6 Å². The van der Waals surface area contributed by atoms with Gasteiger partial charge in [0.1, 0.15) is 5.76 Å². The number of hydrogen-bond donors (Lipinski definition) is 0. The van der Waals surface area contributed by atoms with Crippen molar-refractivity contribution in [2.75, 3.05) is 19.6 Å². The van der Waals surface area contributed by atoms with Crippen LogP contribution in [0.1, 0.15) is 24.5 Å². The molecule has 0 aliphatic carbocycles. The Labute approximate surface area is 164 Å². The molecule has 1 aliphatic heterocycles. The van der Waals surface area contributed by atoms with Crippen LogP contribution < -0.4 is 5.56 Å². The Morgan fingerprint density at radius 3 is 2.64 bits per heavy atom. The first-order chi connectivity index (χ1) is 13.7. The molecule has 0 atom stereocenters. The molecule has 4 rings (SSSR count). The van der Waals surface area contributed by atoms with Gasteiger partial charge in [0.25, 0.3) is 5.56 Å². The average Bonchev–Trinajstić information content (AvgIpc) is 3.15. The standard InChI is InChI=1S/C21H25N5O2/c1-16-23-14-19(28-16)8-13-25-11-6-17(7-12-25)15-26-21(27)3-2-20(24-26)18-4-9-22-10-5-18/h2-5,9-10,14,17H,6-8,11-13,15H2,1H3. The van der Waals surface area contributed by atoms with E-state index in [9.17, 15) is 4.79 Å². The third-order valence-electron chi connectivity index (χ3n) is 5.32. The quantitative estimate of drug-likeness (QED) is 0.655. The molecule has 0 bridgehead atoms. The molecular formula is C21H25N5O2. The van der Waals surface area contributed by atoms with Gasteiger partial charge in [0, 0.05) is 50.5 Å². The molecule has 7 heteroatoms. The van der Waals surface area contributed by atoms with Crippen molar-refractivity contribution >= 4 is 0 Å². The number of hydrogen-bond acceptors (Lipinski definition) is 6. The van der Waals surface area contributed by atoms with E-state index in [0.29, 0.717) is 12.5 Å². The van der Waals surface area contributed by atoms with E-state index in [0.717, 1.165) is 61.8 Å². The second-order valence-electron chi connectivity index (χ2n) is 7.36. The summed E-state index contributed by atoms with van der Waals surface area (Å²) < 4.78 is 7.17. The number of pyridine rings is 1. The zero-order valence-corrected chi connectivity index (χ0v) is 16.1. The van der Waals surface area contributed by atoms with Gasteiger partial charge in [-0.25, -0.2) is 9.67 Å². The van der Waals surface area contributed by atoms with Crippen molar-refractivity contribution in [2.24, 2.45) is 5.92 Å². The van der Waals surface area contributed by atoms with Gasteiger partial charge in [0.2, 0.25) is 0 Å². The number of oxazole rings is 1. The Morgan fingerprint density at radius 1 is 1.14 bits per heavy atom. The summed E-state index contributed by atoms with van der Waals surface area (Å²) in [6, 6.07) is 7.20. The number of aryl methyl sites for hydroxylation is 1. The van der Waals surface area contributed by atoms with E-state index in [1.54, 1.807) is 29.2 Å². The Bertz CT molecular complexity index is 958. The second-order valence-corrected chi connectivity index (χ2v) is 7.36. The first-order valence-corrected chi connectivity index (χ1v) is 9.79. The second kappa shape index (κ2) is 8.48. The number of piperidine rings is 1. The van der Waals surface area contributed by atoms with Crippen LogP contribution in [0.25, 0.3) is 11.3 Å². The van der Waals surface area contributed by atoms with Crippen molar-refractivity contribution < 1.29 is 4.42 Å². The Kier molecular flexibility index (Phi) is 5.62. The Hall–Kier alpha value is -2.80.